The molecule has 1 amide bonds. The molecule has 1 aliphatic rings. The number of methoxy groups -OCH3 is 1. The van der Waals surface area contributed by atoms with Crippen LogP contribution in [-0.4, -0.2) is 48.2 Å². The minimum atomic E-state index is -1.01. The normalized spacial score (nSPS) is 22.1. The topological polar surface area (TPSA) is 76.1 Å². The number of hydrogen-bond acceptors (Lipinski definition) is 4. The Hall–Kier alpha value is -2.08. The van der Waals surface area contributed by atoms with Crippen LogP contribution in [0.3, 0.4) is 0 Å². The van der Waals surface area contributed by atoms with Crippen molar-refractivity contribution in [2.45, 2.75) is 38.0 Å². The van der Waals surface area contributed by atoms with Crippen molar-refractivity contribution in [1.82, 2.24) is 4.90 Å². The lowest BCUT2D eigenvalue weighted by atomic mass is 10.1. The second-order valence-electron chi connectivity index (χ2n) is 5.43. The molecule has 1 fully saturated rings. The molecule has 1 unspecified atom stereocenters. The van der Waals surface area contributed by atoms with Crippen LogP contribution >= 0.6 is 0 Å². The Morgan fingerprint density at radius 1 is 1.27 bits per heavy atom. The summed E-state index contributed by atoms with van der Waals surface area (Å²) in [5, 5.41) is 8.93. The van der Waals surface area contributed by atoms with E-state index in [4.69, 9.17) is 14.6 Å². The molecule has 1 N–H and O–H groups in total. The lowest BCUT2D eigenvalue weighted by Gasteiger charge is -2.27. The van der Waals surface area contributed by atoms with Crippen LogP contribution in [0.25, 0.3) is 0 Å². The predicted octanol–water partition coefficient (Wildman–Crippen LogP) is 1.85. The van der Waals surface area contributed by atoms with Gasteiger partial charge in [0, 0.05) is 7.05 Å². The van der Waals surface area contributed by atoms with Crippen LogP contribution in [0.4, 0.5) is 0 Å². The zero-order valence-electron chi connectivity index (χ0n) is 13.0. The Morgan fingerprint density at radius 2 is 1.86 bits per heavy atom. The summed E-state index contributed by atoms with van der Waals surface area (Å²) in [6.07, 6.45) is -0.739. The first-order valence-corrected chi connectivity index (χ1v) is 7.23. The van der Waals surface area contributed by atoms with Crippen molar-refractivity contribution in [3.63, 3.8) is 0 Å². The van der Waals surface area contributed by atoms with E-state index >= 15 is 0 Å². The Labute approximate surface area is 129 Å². The maximum absolute atomic E-state index is 12.4. The van der Waals surface area contributed by atoms with Crippen molar-refractivity contribution < 1.29 is 24.2 Å². The zero-order valence-corrected chi connectivity index (χ0v) is 13.0. The summed E-state index contributed by atoms with van der Waals surface area (Å²) in [7, 11) is 3.30. The smallest absolute Gasteiger partial charge is 0.332 e. The maximum Gasteiger partial charge on any atom is 0.332 e. The highest BCUT2D eigenvalue weighted by Crippen LogP contribution is 2.26. The van der Waals surface area contributed by atoms with Gasteiger partial charge in [-0.05, 0) is 37.5 Å². The van der Waals surface area contributed by atoms with Crippen molar-refractivity contribution in [3.05, 3.63) is 29.8 Å². The third-order valence-electron chi connectivity index (χ3n) is 4.10. The van der Waals surface area contributed by atoms with E-state index in [1.807, 2.05) is 31.2 Å². The standard InChI is InChI=1S/C16H21NO5/c1-10(11-4-6-12(21-3)7-5-11)17(2)15(18)13-8-9-14(22-13)16(19)20/h4-7,10,13-14H,8-9H2,1-3H3,(H,19,20)/t10?,13-,14+/m0/s1. The first kappa shape index (κ1) is 16.3. The number of carbonyl (C=O) groups is 2. The van der Waals surface area contributed by atoms with E-state index in [1.165, 1.54) is 0 Å². The van der Waals surface area contributed by atoms with E-state index in [0.717, 1.165) is 11.3 Å². The number of hydrogen-bond donors (Lipinski definition) is 1. The van der Waals surface area contributed by atoms with Crippen LogP contribution < -0.4 is 4.74 Å². The van der Waals surface area contributed by atoms with Gasteiger partial charge in [-0.25, -0.2) is 4.79 Å². The average molecular weight is 307 g/mol. The highest BCUT2D eigenvalue weighted by molar-refractivity contribution is 5.82. The van der Waals surface area contributed by atoms with Gasteiger partial charge in [-0.3, -0.25) is 4.79 Å². The molecule has 0 saturated carbocycles. The molecule has 1 aromatic rings. The number of carboxylic acids is 1. The molecule has 120 valence electrons. The van der Waals surface area contributed by atoms with Crippen molar-refractivity contribution in [2.24, 2.45) is 0 Å². The second-order valence-corrected chi connectivity index (χ2v) is 5.43. The largest absolute Gasteiger partial charge is 0.497 e. The highest BCUT2D eigenvalue weighted by atomic mass is 16.5. The van der Waals surface area contributed by atoms with Crippen LogP contribution in [0.1, 0.15) is 31.4 Å². The Morgan fingerprint density at radius 3 is 2.36 bits per heavy atom. The van der Waals surface area contributed by atoms with Gasteiger partial charge < -0.3 is 19.5 Å². The summed E-state index contributed by atoms with van der Waals surface area (Å²) in [4.78, 5) is 24.9. The van der Waals surface area contributed by atoms with E-state index in [-0.39, 0.29) is 11.9 Å². The summed E-state index contributed by atoms with van der Waals surface area (Å²) >= 11 is 0. The van der Waals surface area contributed by atoms with Crippen LogP contribution in [0.5, 0.6) is 5.75 Å². The highest BCUT2D eigenvalue weighted by Gasteiger charge is 2.37. The van der Waals surface area contributed by atoms with Crippen LogP contribution in [0.2, 0.25) is 0 Å². The number of benzene rings is 1. The quantitative estimate of drug-likeness (QED) is 0.898. The molecule has 2 rings (SSSR count). The molecule has 0 radical (unpaired) electrons. The van der Waals surface area contributed by atoms with Crippen LogP contribution in [0, 0.1) is 0 Å². The number of aliphatic carboxylic acids is 1. The fraction of sp³-hybridized carbons (Fsp3) is 0.500. The molecule has 0 aliphatic carbocycles. The summed E-state index contributed by atoms with van der Waals surface area (Å²) in [6, 6.07) is 7.37. The molecular weight excluding hydrogens is 286 g/mol. The second kappa shape index (κ2) is 6.79. The first-order valence-electron chi connectivity index (χ1n) is 7.23. The minimum absolute atomic E-state index is 0.133. The first-order chi connectivity index (χ1) is 10.4. The van der Waals surface area contributed by atoms with Crippen LogP contribution in [0.15, 0.2) is 24.3 Å². The fourth-order valence-corrected chi connectivity index (χ4v) is 2.52. The van der Waals surface area contributed by atoms with E-state index in [9.17, 15) is 9.59 Å². The molecule has 0 spiro atoms. The van der Waals surface area contributed by atoms with Crippen LogP contribution in [-0.2, 0) is 14.3 Å². The fourth-order valence-electron chi connectivity index (χ4n) is 2.52. The van der Waals surface area contributed by atoms with E-state index in [0.29, 0.717) is 12.8 Å². The summed E-state index contributed by atoms with van der Waals surface area (Å²) in [5.41, 5.74) is 0.976. The molecule has 1 heterocycles. The van der Waals surface area contributed by atoms with Gasteiger partial charge in [0.15, 0.2) is 6.10 Å². The van der Waals surface area contributed by atoms with E-state index in [2.05, 4.69) is 0 Å². The van der Waals surface area contributed by atoms with E-state index < -0.39 is 18.2 Å². The van der Waals surface area contributed by atoms with Crippen molar-refractivity contribution in [1.29, 1.82) is 0 Å². The predicted molar refractivity (Wildman–Crippen MR) is 79.7 cm³/mol. The van der Waals surface area contributed by atoms with Crippen molar-refractivity contribution in [3.8, 4) is 5.75 Å². The molecule has 0 bridgehead atoms. The third-order valence-corrected chi connectivity index (χ3v) is 4.10. The Kier molecular flexibility index (Phi) is 5.03. The summed E-state index contributed by atoms with van der Waals surface area (Å²) in [6.45, 7) is 1.92. The monoisotopic (exact) mass is 307 g/mol. The van der Waals surface area contributed by atoms with E-state index in [1.54, 1.807) is 19.1 Å². The molecule has 1 saturated heterocycles. The molecule has 1 aliphatic heterocycles. The van der Waals surface area contributed by atoms with Crippen molar-refractivity contribution >= 4 is 11.9 Å². The molecule has 22 heavy (non-hydrogen) atoms. The third kappa shape index (κ3) is 3.39. The molecular formula is C16H21NO5. The molecule has 0 aromatic heterocycles. The maximum atomic E-state index is 12.4. The zero-order chi connectivity index (χ0) is 16.3. The van der Waals surface area contributed by atoms with Gasteiger partial charge in [0.1, 0.15) is 11.9 Å². The summed E-state index contributed by atoms with van der Waals surface area (Å²) < 4.78 is 10.4. The lowest BCUT2D eigenvalue weighted by molar-refractivity contribution is -0.155. The van der Waals surface area contributed by atoms with Crippen molar-refractivity contribution in [2.75, 3.05) is 14.2 Å². The number of ether oxygens (including phenoxy) is 2. The van der Waals surface area contributed by atoms with Gasteiger partial charge in [-0.1, -0.05) is 12.1 Å². The average Bonchev–Trinajstić information content (AvgIpc) is 3.03. The molecule has 3 atom stereocenters. The number of nitrogens with zero attached hydrogens (tertiary/aromatic N) is 1. The number of carbonyl (C=O) groups excluding carboxylic acids is 1. The van der Waals surface area contributed by atoms with Gasteiger partial charge >= 0.3 is 5.97 Å². The van der Waals surface area contributed by atoms with Gasteiger partial charge in [0.25, 0.3) is 5.91 Å². The molecule has 1 aromatic carbocycles. The molecule has 6 heteroatoms. The number of carboxylic acid groups (broad SMARTS) is 1. The summed E-state index contributed by atoms with van der Waals surface area (Å²) in [5.74, 6) is -0.443. The Balaban J connectivity index is 2.01. The minimum Gasteiger partial charge on any atom is -0.497 e. The lowest BCUT2D eigenvalue weighted by Crippen LogP contribution is -2.38. The van der Waals surface area contributed by atoms with Gasteiger partial charge in [0.2, 0.25) is 0 Å². The van der Waals surface area contributed by atoms with Gasteiger partial charge in [-0.15, -0.1) is 0 Å². The molecule has 6 nitrogen and oxygen atoms in total. The number of likely N-dealkylation sites (N-methyl/N-ethyl adjacent to an activating group) is 1. The van der Waals surface area contributed by atoms with Gasteiger partial charge in [0.05, 0.1) is 13.2 Å². The Bertz CT molecular complexity index is 542. The number of amides is 1. The van der Waals surface area contributed by atoms with Gasteiger partial charge in [-0.2, -0.15) is 0 Å². The SMILES string of the molecule is COc1ccc(C(C)N(C)C(=O)[C@@H]2CC[C@H](C(=O)O)O2)cc1. The number of rotatable bonds is 5.